The van der Waals surface area contributed by atoms with Crippen LogP contribution in [0.25, 0.3) is 10.3 Å². The minimum absolute atomic E-state index is 0. The van der Waals surface area contributed by atoms with Crippen molar-refractivity contribution in [2.24, 2.45) is 0 Å². The number of fused-ring (bicyclic) bond motifs is 1. The van der Waals surface area contributed by atoms with E-state index in [1.165, 1.54) is 12.1 Å². The molecule has 0 aliphatic carbocycles. The number of halogens is 2. The topological polar surface area (TPSA) is 111 Å². The number of hydrogen-bond donors (Lipinski definition) is 4. The van der Waals surface area contributed by atoms with Gasteiger partial charge in [0.15, 0.2) is 17.3 Å². The summed E-state index contributed by atoms with van der Waals surface area (Å²) in [6, 6.07) is 3.63. The van der Waals surface area contributed by atoms with Gasteiger partial charge in [0.05, 0.1) is 18.8 Å². The fourth-order valence-corrected chi connectivity index (χ4v) is 3.35. The Morgan fingerprint density at radius 1 is 1.32 bits per heavy atom. The standard InChI is InChI=1S/C16H16F2N4O3S2.Na/c1-16(5-23,6-24)22-14-11-13(21-15(25)27-11)19-12(20-14)10(26)7-3-2-4-8(17)9(7)18;/h2-4,10,23-24,26H,5-6H2,1H3,(H2,19,20,21,22,25);/q;+1/p-1. The predicted molar refractivity (Wildman–Crippen MR) is 99.8 cm³/mol. The molecule has 28 heavy (non-hydrogen) atoms. The summed E-state index contributed by atoms with van der Waals surface area (Å²) in [4.78, 5) is 22.3. The van der Waals surface area contributed by atoms with Crippen LogP contribution in [0.5, 0.6) is 0 Å². The van der Waals surface area contributed by atoms with E-state index in [9.17, 15) is 23.8 Å². The molecular weight excluding hydrogens is 421 g/mol. The first-order chi connectivity index (χ1) is 12.8. The largest absolute Gasteiger partial charge is 1.00 e. The number of nitrogens with one attached hydrogen (secondary N) is 2. The van der Waals surface area contributed by atoms with Gasteiger partial charge in [0.2, 0.25) is 0 Å². The Kier molecular flexibility index (Phi) is 7.59. The molecular formula is C16H15F2N4NaO3S2. The van der Waals surface area contributed by atoms with Gasteiger partial charge < -0.3 is 28.2 Å². The third-order valence-corrected chi connectivity index (χ3v) is 5.26. The first-order valence-corrected chi connectivity index (χ1v) is 9.07. The number of H-pyrrole nitrogens is 1. The van der Waals surface area contributed by atoms with E-state index < -0.39 is 40.5 Å². The molecule has 2 aromatic heterocycles. The summed E-state index contributed by atoms with van der Waals surface area (Å²) in [5.74, 6) is -2.02. The van der Waals surface area contributed by atoms with Crippen LogP contribution in [-0.2, 0) is 12.6 Å². The van der Waals surface area contributed by atoms with Gasteiger partial charge in [0, 0.05) is 0 Å². The van der Waals surface area contributed by atoms with Crippen molar-refractivity contribution in [3.05, 3.63) is 50.9 Å². The van der Waals surface area contributed by atoms with Crippen LogP contribution in [-0.4, -0.2) is 43.9 Å². The van der Waals surface area contributed by atoms with Crippen molar-refractivity contribution < 1.29 is 48.6 Å². The number of nitrogens with zero attached hydrogens (tertiary/aromatic N) is 2. The van der Waals surface area contributed by atoms with Crippen molar-refractivity contribution in [2.45, 2.75) is 17.7 Å². The Morgan fingerprint density at radius 2 is 2.00 bits per heavy atom. The molecule has 2 heterocycles. The molecule has 4 N–H and O–H groups in total. The van der Waals surface area contributed by atoms with Gasteiger partial charge in [0.25, 0.3) is 0 Å². The maximum absolute atomic E-state index is 14.1. The Labute approximate surface area is 189 Å². The molecule has 1 atom stereocenters. The van der Waals surface area contributed by atoms with Gasteiger partial charge >= 0.3 is 34.4 Å². The van der Waals surface area contributed by atoms with E-state index in [0.717, 1.165) is 17.4 Å². The number of anilines is 1. The van der Waals surface area contributed by atoms with Crippen LogP contribution in [0, 0.1) is 11.6 Å². The fraction of sp³-hybridized carbons (Fsp3) is 0.312. The molecule has 0 saturated heterocycles. The number of thiazole rings is 1. The van der Waals surface area contributed by atoms with E-state index in [-0.39, 0.29) is 52.4 Å². The van der Waals surface area contributed by atoms with E-state index in [0.29, 0.717) is 4.70 Å². The van der Waals surface area contributed by atoms with Crippen LogP contribution in [0.3, 0.4) is 0 Å². The van der Waals surface area contributed by atoms with Gasteiger partial charge in [-0.05, 0) is 18.6 Å². The maximum Gasteiger partial charge on any atom is 1.00 e. The molecule has 1 aromatic carbocycles. The molecule has 0 amide bonds. The summed E-state index contributed by atoms with van der Waals surface area (Å²) >= 11 is 6.13. The third kappa shape index (κ3) is 4.56. The SMILES string of the molecule is CC(CO)(CO)Nc1nc(C([S-])c2cccc(F)c2F)nc2[nH]c(=O)sc12.[Na+]. The van der Waals surface area contributed by atoms with Crippen molar-refractivity contribution >= 4 is 40.1 Å². The third-order valence-electron chi connectivity index (χ3n) is 3.91. The summed E-state index contributed by atoms with van der Waals surface area (Å²) in [6.07, 6.45) is 0. The zero-order chi connectivity index (χ0) is 19.8. The average molecular weight is 436 g/mol. The Morgan fingerprint density at radius 3 is 2.64 bits per heavy atom. The molecule has 0 bridgehead atoms. The van der Waals surface area contributed by atoms with Crippen molar-refractivity contribution in [3.63, 3.8) is 0 Å². The van der Waals surface area contributed by atoms with Crippen LogP contribution in [0.1, 0.15) is 23.6 Å². The van der Waals surface area contributed by atoms with Gasteiger partial charge in [-0.3, -0.25) is 9.78 Å². The van der Waals surface area contributed by atoms with E-state index in [1.807, 2.05) is 0 Å². The number of benzene rings is 1. The molecule has 1 unspecified atom stereocenters. The van der Waals surface area contributed by atoms with E-state index in [1.54, 1.807) is 6.92 Å². The first-order valence-electron chi connectivity index (χ1n) is 7.78. The molecule has 0 radical (unpaired) electrons. The van der Waals surface area contributed by atoms with Crippen LogP contribution < -0.4 is 39.7 Å². The van der Waals surface area contributed by atoms with Gasteiger partial charge in [-0.2, -0.15) is 0 Å². The Bertz CT molecular complexity index is 1040. The van der Waals surface area contributed by atoms with Crippen molar-refractivity contribution in [2.75, 3.05) is 18.5 Å². The van der Waals surface area contributed by atoms with Crippen molar-refractivity contribution in [1.29, 1.82) is 0 Å². The Hall–Kier alpha value is -1.08. The van der Waals surface area contributed by atoms with E-state index >= 15 is 0 Å². The minimum Gasteiger partial charge on any atom is -0.777 e. The molecule has 0 fully saturated rings. The van der Waals surface area contributed by atoms with E-state index in [2.05, 4.69) is 20.3 Å². The molecule has 3 aromatic rings. The molecule has 12 heteroatoms. The smallest absolute Gasteiger partial charge is 0.777 e. The molecule has 144 valence electrons. The molecule has 0 saturated carbocycles. The maximum atomic E-state index is 14.1. The minimum atomic E-state index is -1.13. The molecule has 0 spiro atoms. The van der Waals surface area contributed by atoms with Crippen molar-refractivity contribution in [3.8, 4) is 0 Å². The number of aromatic nitrogens is 3. The van der Waals surface area contributed by atoms with Gasteiger partial charge in [0.1, 0.15) is 16.3 Å². The monoisotopic (exact) mass is 436 g/mol. The van der Waals surface area contributed by atoms with Crippen LogP contribution in [0.4, 0.5) is 14.6 Å². The molecule has 0 aliphatic heterocycles. The zero-order valence-corrected chi connectivity index (χ0v) is 18.6. The van der Waals surface area contributed by atoms with Gasteiger partial charge in [-0.25, -0.2) is 18.7 Å². The molecule has 3 rings (SSSR count). The van der Waals surface area contributed by atoms with Crippen LogP contribution >= 0.6 is 11.3 Å². The van der Waals surface area contributed by atoms with Crippen molar-refractivity contribution in [1.82, 2.24) is 15.0 Å². The summed E-state index contributed by atoms with van der Waals surface area (Å²) in [6.45, 7) is 0.715. The number of aliphatic hydroxyl groups excluding tert-OH is 2. The van der Waals surface area contributed by atoms with Crippen LogP contribution in [0.2, 0.25) is 0 Å². The predicted octanol–water partition coefficient (Wildman–Crippen LogP) is -1.55. The molecule has 0 aliphatic rings. The summed E-state index contributed by atoms with van der Waals surface area (Å²) < 4.78 is 28.0. The number of aliphatic hydroxyl groups is 2. The zero-order valence-electron chi connectivity index (χ0n) is 15.0. The summed E-state index contributed by atoms with van der Waals surface area (Å²) in [5.41, 5.74) is -1.07. The van der Waals surface area contributed by atoms with Gasteiger partial charge in [-0.1, -0.05) is 28.7 Å². The summed E-state index contributed by atoms with van der Waals surface area (Å²) in [7, 11) is 0. The number of aromatic amines is 1. The normalized spacial score (nSPS) is 12.6. The van der Waals surface area contributed by atoms with E-state index in [4.69, 9.17) is 12.6 Å². The second-order valence-electron chi connectivity index (χ2n) is 6.15. The number of hydrogen-bond acceptors (Lipinski definition) is 8. The number of rotatable bonds is 6. The second kappa shape index (κ2) is 9.16. The Balaban J connectivity index is 0.00000280. The fourth-order valence-electron chi connectivity index (χ4n) is 2.34. The first kappa shape index (κ1) is 23.2. The summed E-state index contributed by atoms with van der Waals surface area (Å²) in [5, 5.41) is 20.8. The quantitative estimate of drug-likeness (QED) is 0.274. The van der Waals surface area contributed by atoms with Crippen LogP contribution in [0.15, 0.2) is 23.0 Å². The van der Waals surface area contributed by atoms with Gasteiger partial charge in [-0.15, -0.1) is 0 Å². The average Bonchev–Trinajstić information content (AvgIpc) is 3.03. The molecule has 7 nitrogen and oxygen atoms in total. The second-order valence-corrected chi connectivity index (χ2v) is 7.60.